The Balaban J connectivity index is 0.00000338. The maximum absolute atomic E-state index is 12.6. The third-order valence-corrected chi connectivity index (χ3v) is 4.55. The van der Waals surface area contributed by atoms with Gasteiger partial charge in [-0.2, -0.15) is 0 Å². The molecule has 0 saturated carbocycles. The van der Waals surface area contributed by atoms with Gasteiger partial charge in [0, 0.05) is 35.9 Å². The van der Waals surface area contributed by atoms with Crippen LogP contribution >= 0.6 is 24.8 Å². The highest BCUT2D eigenvalue weighted by Crippen LogP contribution is 2.27. The third-order valence-electron chi connectivity index (χ3n) is 4.55. The lowest BCUT2D eigenvalue weighted by Gasteiger charge is -2.28. The maximum atomic E-state index is 12.6. The van der Waals surface area contributed by atoms with E-state index in [1.807, 2.05) is 13.8 Å². The molecule has 2 rings (SSSR count). The number of pyridine rings is 1. The standard InChI is InChI=1S/C19H24N4O2.2ClH/c1-3-19(4-2,13-20)18(25)23-16-7-5-6-14(12-16)17(24)22-15-8-10-21-11-9-15;;/h5-12H,3-4,13,20H2,1-2H3,(H,23,25)(H,21,22,24);2*1H. The second kappa shape index (κ2) is 11.5. The number of nitrogens with one attached hydrogen (secondary N) is 2. The summed E-state index contributed by atoms with van der Waals surface area (Å²) >= 11 is 0. The molecule has 27 heavy (non-hydrogen) atoms. The monoisotopic (exact) mass is 412 g/mol. The number of benzene rings is 1. The smallest absolute Gasteiger partial charge is 0.255 e. The zero-order valence-corrected chi connectivity index (χ0v) is 17.0. The van der Waals surface area contributed by atoms with Crippen molar-refractivity contribution in [3.05, 3.63) is 54.4 Å². The molecule has 0 saturated heterocycles. The second-order valence-corrected chi connectivity index (χ2v) is 5.92. The zero-order valence-electron chi connectivity index (χ0n) is 15.4. The Morgan fingerprint density at radius 2 is 1.63 bits per heavy atom. The van der Waals surface area contributed by atoms with E-state index in [9.17, 15) is 9.59 Å². The lowest BCUT2D eigenvalue weighted by Crippen LogP contribution is -2.41. The van der Waals surface area contributed by atoms with E-state index in [1.165, 1.54) is 0 Å². The number of carbonyl (C=O) groups excluding carboxylic acids is 2. The van der Waals surface area contributed by atoms with Gasteiger partial charge in [0.15, 0.2) is 0 Å². The molecular weight excluding hydrogens is 387 g/mol. The molecule has 0 radical (unpaired) electrons. The summed E-state index contributed by atoms with van der Waals surface area (Å²) in [5.74, 6) is -0.370. The van der Waals surface area contributed by atoms with Gasteiger partial charge in [0.05, 0.1) is 5.41 Å². The average Bonchev–Trinajstić information content (AvgIpc) is 2.65. The Morgan fingerprint density at radius 1 is 1.00 bits per heavy atom. The van der Waals surface area contributed by atoms with Crippen molar-refractivity contribution in [1.82, 2.24) is 4.98 Å². The van der Waals surface area contributed by atoms with Crippen LogP contribution in [-0.4, -0.2) is 23.3 Å². The third kappa shape index (κ3) is 6.20. The molecule has 0 bridgehead atoms. The fourth-order valence-electron chi connectivity index (χ4n) is 2.59. The van der Waals surface area contributed by atoms with Gasteiger partial charge in [-0.15, -0.1) is 24.8 Å². The Bertz CT molecular complexity index is 729. The summed E-state index contributed by atoms with van der Waals surface area (Å²) in [6.45, 7) is 4.19. The summed E-state index contributed by atoms with van der Waals surface area (Å²) in [6.07, 6.45) is 4.53. The number of nitrogens with two attached hydrogens (primary N) is 1. The maximum Gasteiger partial charge on any atom is 0.255 e. The molecule has 1 aromatic carbocycles. The molecule has 0 aliphatic carbocycles. The molecule has 148 valence electrons. The van der Waals surface area contributed by atoms with Crippen molar-refractivity contribution in [2.75, 3.05) is 17.2 Å². The van der Waals surface area contributed by atoms with Gasteiger partial charge in [0.2, 0.25) is 5.91 Å². The summed E-state index contributed by atoms with van der Waals surface area (Å²) in [7, 11) is 0. The summed E-state index contributed by atoms with van der Waals surface area (Å²) in [5.41, 5.74) is 6.93. The van der Waals surface area contributed by atoms with Crippen molar-refractivity contribution < 1.29 is 9.59 Å². The topological polar surface area (TPSA) is 97.1 Å². The highest BCUT2D eigenvalue weighted by molar-refractivity contribution is 6.05. The highest BCUT2D eigenvalue weighted by Gasteiger charge is 2.33. The largest absolute Gasteiger partial charge is 0.329 e. The van der Waals surface area contributed by atoms with Crippen molar-refractivity contribution in [1.29, 1.82) is 0 Å². The van der Waals surface area contributed by atoms with Crippen LogP contribution in [0.2, 0.25) is 0 Å². The molecule has 6 nitrogen and oxygen atoms in total. The van der Waals surface area contributed by atoms with E-state index in [1.54, 1.807) is 48.8 Å². The molecule has 0 unspecified atom stereocenters. The summed E-state index contributed by atoms with van der Waals surface area (Å²) in [4.78, 5) is 28.9. The number of rotatable bonds is 7. The first-order valence-electron chi connectivity index (χ1n) is 8.37. The van der Waals surface area contributed by atoms with Crippen molar-refractivity contribution >= 4 is 48.0 Å². The first-order valence-corrected chi connectivity index (χ1v) is 8.37. The minimum atomic E-state index is -0.588. The summed E-state index contributed by atoms with van der Waals surface area (Å²) in [5, 5.41) is 5.68. The molecule has 0 aliphatic rings. The van der Waals surface area contributed by atoms with Crippen LogP contribution in [0, 0.1) is 5.41 Å². The van der Waals surface area contributed by atoms with Crippen molar-refractivity contribution in [2.24, 2.45) is 11.1 Å². The summed E-state index contributed by atoms with van der Waals surface area (Å²) < 4.78 is 0. The van der Waals surface area contributed by atoms with Gasteiger partial charge in [-0.05, 0) is 43.2 Å². The van der Waals surface area contributed by atoms with Crippen LogP contribution in [0.5, 0.6) is 0 Å². The van der Waals surface area contributed by atoms with Crippen LogP contribution in [0.1, 0.15) is 37.0 Å². The lowest BCUT2D eigenvalue weighted by atomic mass is 9.81. The highest BCUT2D eigenvalue weighted by atomic mass is 35.5. The first kappa shape index (κ1) is 24.8. The van der Waals surface area contributed by atoms with Crippen molar-refractivity contribution in [3.8, 4) is 0 Å². The molecular formula is C19H26Cl2N4O2. The number of hydrogen-bond donors (Lipinski definition) is 3. The number of anilines is 2. The Kier molecular flexibility index (Phi) is 10.6. The number of nitrogens with zero attached hydrogens (tertiary/aromatic N) is 1. The Labute approximate surface area is 172 Å². The zero-order chi connectivity index (χ0) is 18.3. The van der Waals surface area contributed by atoms with Crippen LogP contribution in [0.3, 0.4) is 0 Å². The molecule has 0 spiro atoms. The fraction of sp³-hybridized carbons (Fsp3) is 0.316. The molecule has 2 aromatic rings. The SMILES string of the molecule is CCC(CC)(CN)C(=O)Nc1cccc(C(=O)Nc2ccncc2)c1.Cl.Cl. The van der Waals surface area contributed by atoms with E-state index >= 15 is 0 Å². The van der Waals surface area contributed by atoms with Crippen LogP contribution in [-0.2, 0) is 4.79 Å². The summed E-state index contributed by atoms with van der Waals surface area (Å²) in [6, 6.07) is 10.3. The van der Waals surface area contributed by atoms with Crippen molar-refractivity contribution in [2.45, 2.75) is 26.7 Å². The van der Waals surface area contributed by atoms with Crippen LogP contribution in [0.4, 0.5) is 11.4 Å². The van der Waals surface area contributed by atoms with Gasteiger partial charge < -0.3 is 16.4 Å². The van der Waals surface area contributed by atoms with E-state index in [-0.39, 0.29) is 43.2 Å². The molecule has 2 amide bonds. The predicted octanol–water partition coefficient (Wildman–Crippen LogP) is 3.88. The van der Waals surface area contributed by atoms with E-state index in [2.05, 4.69) is 15.6 Å². The molecule has 0 atom stereocenters. The molecule has 8 heteroatoms. The van der Waals surface area contributed by atoms with E-state index in [0.29, 0.717) is 29.8 Å². The number of carbonyl (C=O) groups is 2. The lowest BCUT2D eigenvalue weighted by molar-refractivity contribution is -0.125. The van der Waals surface area contributed by atoms with Crippen LogP contribution in [0.25, 0.3) is 0 Å². The van der Waals surface area contributed by atoms with Crippen LogP contribution < -0.4 is 16.4 Å². The van der Waals surface area contributed by atoms with Gasteiger partial charge in [0.25, 0.3) is 5.91 Å². The molecule has 1 heterocycles. The van der Waals surface area contributed by atoms with Gasteiger partial charge in [0.1, 0.15) is 0 Å². The number of aromatic nitrogens is 1. The average molecular weight is 413 g/mol. The normalized spacial score (nSPS) is 10.2. The van der Waals surface area contributed by atoms with Gasteiger partial charge >= 0.3 is 0 Å². The Morgan fingerprint density at radius 3 is 2.19 bits per heavy atom. The van der Waals surface area contributed by atoms with E-state index in [0.717, 1.165) is 0 Å². The minimum Gasteiger partial charge on any atom is -0.329 e. The van der Waals surface area contributed by atoms with E-state index in [4.69, 9.17) is 5.73 Å². The molecule has 0 fully saturated rings. The van der Waals surface area contributed by atoms with E-state index < -0.39 is 5.41 Å². The second-order valence-electron chi connectivity index (χ2n) is 5.92. The number of halogens is 2. The van der Waals surface area contributed by atoms with Gasteiger partial charge in [-0.3, -0.25) is 14.6 Å². The van der Waals surface area contributed by atoms with Gasteiger partial charge in [-0.25, -0.2) is 0 Å². The number of amides is 2. The minimum absolute atomic E-state index is 0. The molecule has 0 aliphatic heterocycles. The Hall–Kier alpha value is -2.15. The molecule has 4 N–H and O–H groups in total. The van der Waals surface area contributed by atoms with Gasteiger partial charge in [-0.1, -0.05) is 19.9 Å². The van der Waals surface area contributed by atoms with Crippen LogP contribution in [0.15, 0.2) is 48.8 Å². The molecule has 1 aromatic heterocycles. The predicted molar refractivity (Wildman–Crippen MR) is 114 cm³/mol. The van der Waals surface area contributed by atoms with Crippen molar-refractivity contribution in [3.63, 3.8) is 0 Å². The number of hydrogen-bond acceptors (Lipinski definition) is 4. The fourth-order valence-corrected chi connectivity index (χ4v) is 2.59. The first-order chi connectivity index (χ1) is 12.0. The quantitative estimate of drug-likeness (QED) is 0.642.